The Morgan fingerprint density at radius 3 is 2.76 bits per heavy atom. The van der Waals surface area contributed by atoms with Crippen LogP contribution in [0.25, 0.3) is 0 Å². The molecule has 2 N–H and O–H groups in total. The first-order valence-corrected chi connectivity index (χ1v) is 6.46. The smallest absolute Gasteiger partial charge is 0.306 e. The number of nitrogens with one attached hydrogen (secondary N) is 1. The van der Waals surface area contributed by atoms with Gasteiger partial charge in [0.1, 0.15) is 0 Å². The van der Waals surface area contributed by atoms with Gasteiger partial charge in [-0.2, -0.15) is 0 Å². The lowest BCUT2D eigenvalue weighted by atomic mass is 9.85. The Hall–Kier alpha value is -0.610. The average Bonchev–Trinajstić information content (AvgIpc) is 2.29. The van der Waals surface area contributed by atoms with Crippen molar-refractivity contribution in [3.05, 3.63) is 0 Å². The van der Waals surface area contributed by atoms with E-state index in [1.54, 1.807) is 7.11 Å². The van der Waals surface area contributed by atoms with Crippen LogP contribution in [0.3, 0.4) is 0 Å². The highest BCUT2D eigenvalue weighted by molar-refractivity contribution is 5.70. The molecule has 1 aliphatic rings. The summed E-state index contributed by atoms with van der Waals surface area (Å²) in [6.07, 6.45) is 4.65. The molecule has 1 rings (SSSR count). The quantitative estimate of drug-likeness (QED) is 0.749. The van der Waals surface area contributed by atoms with Gasteiger partial charge in [0.25, 0.3) is 0 Å². The third-order valence-corrected chi connectivity index (χ3v) is 3.74. The number of aliphatic carboxylic acids is 1. The molecule has 0 bridgehead atoms. The summed E-state index contributed by atoms with van der Waals surface area (Å²) < 4.78 is 5.35. The maximum atomic E-state index is 10.9. The van der Waals surface area contributed by atoms with Crippen LogP contribution in [0.4, 0.5) is 0 Å². The zero-order valence-electron chi connectivity index (χ0n) is 11.2. The van der Waals surface area contributed by atoms with Crippen molar-refractivity contribution in [1.82, 2.24) is 5.32 Å². The minimum Gasteiger partial charge on any atom is -0.481 e. The number of ether oxygens (including phenoxy) is 1. The van der Waals surface area contributed by atoms with Crippen molar-refractivity contribution in [3.8, 4) is 0 Å². The highest BCUT2D eigenvalue weighted by Crippen LogP contribution is 2.24. The molecule has 0 amide bonds. The molecule has 1 saturated carbocycles. The van der Waals surface area contributed by atoms with E-state index in [1.807, 2.05) is 0 Å². The Bertz CT molecular complexity index is 253. The standard InChI is InChI=1S/C13H25NO3/c1-13(2,17-3)7-8-14-11-6-4-5-10(9-11)12(15)16/h10-11,14H,4-9H2,1-3H3,(H,15,16). The molecule has 0 radical (unpaired) electrons. The van der Waals surface area contributed by atoms with Crippen LogP contribution >= 0.6 is 0 Å². The fourth-order valence-corrected chi connectivity index (χ4v) is 2.28. The van der Waals surface area contributed by atoms with Gasteiger partial charge in [-0.1, -0.05) is 6.42 Å². The molecule has 0 aromatic heterocycles. The van der Waals surface area contributed by atoms with Gasteiger partial charge in [0.05, 0.1) is 11.5 Å². The molecule has 0 aliphatic heterocycles. The van der Waals surface area contributed by atoms with Gasteiger partial charge in [-0.25, -0.2) is 0 Å². The van der Waals surface area contributed by atoms with Crippen LogP contribution in [-0.4, -0.2) is 36.4 Å². The van der Waals surface area contributed by atoms with Crippen LogP contribution in [0.15, 0.2) is 0 Å². The van der Waals surface area contributed by atoms with E-state index in [0.717, 1.165) is 38.6 Å². The van der Waals surface area contributed by atoms with E-state index in [4.69, 9.17) is 9.84 Å². The Morgan fingerprint density at radius 2 is 2.18 bits per heavy atom. The molecule has 0 heterocycles. The lowest BCUT2D eigenvalue weighted by Crippen LogP contribution is -2.39. The van der Waals surface area contributed by atoms with Crippen molar-refractivity contribution in [3.63, 3.8) is 0 Å². The molecule has 2 atom stereocenters. The van der Waals surface area contributed by atoms with Gasteiger partial charge in [0.15, 0.2) is 0 Å². The number of carbonyl (C=O) groups is 1. The lowest BCUT2D eigenvalue weighted by Gasteiger charge is -2.29. The van der Waals surface area contributed by atoms with Crippen molar-refractivity contribution >= 4 is 5.97 Å². The molecule has 0 spiro atoms. The van der Waals surface area contributed by atoms with Crippen molar-refractivity contribution in [1.29, 1.82) is 0 Å². The van der Waals surface area contributed by atoms with Crippen molar-refractivity contribution < 1.29 is 14.6 Å². The van der Waals surface area contributed by atoms with Crippen LogP contribution in [0.5, 0.6) is 0 Å². The second-order valence-electron chi connectivity index (χ2n) is 5.57. The molecule has 0 saturated heterocycles. The fraction of sp³-hybridized carbons (Fsp3) is 0.923. The highest BCUT2D eigenvalue weighted by atomic mass is 16.5. The molecule has 0 aromatic carbocycles. The van der Waals surface area contributed by atoms with E-state index >= 15 is 0 Å². The van der Waals surface area contributed by atoms with Gasteiger partial charge in [0.2, 0.25) is 0 Å². The SMILES string of the molecule is COC(C)(C)CCNC1CCCC(C(=O)O)C1. The predicted molar refractivity (Wildman–Crippen MR) is 67.1 cm³/mol. The molecule has 1 aliphatic carbocycles. The number of hydrogen-bond acceptors (Lipinski definition) is 3. The molecular formula is C13H25NO3. The van der Waals surface area contributed by atoms with Gasteiger partial charge in [-0.05, 0) is 46.1 Å². The van der Waals surface area contributed by atoms with Gasteiger partial charge < -0.3 is 15.2 Å². The Balaban J connectivity index is 2.25. The van der Waals surface area contributed by atoms with E-state index < -0.39 is 5.97 Å². The zero-order chi connectivity index (χ0) is 12.9. The largest absolute Gasteiger partial charge is 0.481 e. The maximum Gasteiger partial charge on any atom is 0.306 e. The predicted octanol–water partition coefficient (Wildman–Crippen LogP) is 2.03. The topological polar surface area (TPSA) is 58.6 Å². The third kappa shape index (κ3) is 5.04. The van der Waals surface area contributed by atoms with Crippen LogP contribution in [0, 0.1) is 5.92 Å². The van der Waals surface area contributed by atoms with Crippen molar-refractivity contribution in [2.24, 2.45) is 5.92 Å². The average molecular weight is 243 g/mol. The van der Waals surface area contributed by atoms with Crippen LogP contribution < -0.4 is 5.32 Å². The normalized spacial score (nSPS) is 25.8. The number of carboxylic acid groups (broad SMARTS) is 1. The summed E-state index contributed by atoms with van der Waals surface area (Å²) in [7, 11) is 1.72. The molecule has 1 fully saturated rings. The minimum atomic E-state index is -0.645. The second kappa shape index (κ2) is 6.36. The lowest BCUT2D eigenvalue weighted by molar-refractivity contribution is -0.143. The first-order valence-electron chi connectivity index (χ1n) is 6.46. The molecule has 17 heavy (non-hydrogen) atoms. The van der Waals surface area contributed by atoms with Crippen LogP contribution in [-0.2, 0) is 9.53 Å². The summed E-state index contributed by atoms with van der Waals surface area (Å²) in [6, 6.07) is 0.359. The van der Waals surface area contributed by atoms with Gasteiger partial charge >= 0.3 is 5.97 Å². The van der Waals surface area contributed by atoms with E-state index in [0.29, 0.717) is 6.04 Å². The zero-order valence-corrected chi connectivity index (χ0v) is 11.2. The first kappa shape index (κ1) is 14.5. The molecule has 4 nitrogen and oxygen atoms in total. The van der Waals surface area contributed by atoms with Crippen molar-refractivity contribution in [2.45, 2.75) is 57.6 Å². The minimum absolute atomic E-state index is 0.103. The van der Waals surface area contributed by atoms with Crippen LogP contribution in [0.2, 0.25) is 0 Å². The molecule has 0 aromatic rings. The summed E-state index contributed by atoms with van der Waals surface area (Å²) in [5.41, 5.74) is -0.103. The summed E-state index contributed by atoms with van der Waals surface area (Å²) in [6.45, 7) is 5.02. The van der Waals surface area contributed by atoms with Crippen LogP contribution in [0.1, 0.15) is 46.0 Å². The Labute approximate surface area is 104 Å². The summed E-state index contributed by atoms with van der Waals surface area (Å²) >= 11 is 0. The summed E-state index contributed by atoms with van der Waals surface area (Å²) in [4.78, 5) is 10.9. The molecule has 2 unspecified atom stereocenters. The number of methoxy groups -OCH3 is 1. The maximum absolute atomic E-state index is 10.9. The summed E-state index contributed by atoms with van der Waals surface area (Å²) in [5, 5.41) is 12.5. The summed E-state index contributed by atoms with van der Waals surface area (Å²) in [5.74, 6) is -0.801. The first-order chi connectivity index (χ1) is 7.94. The Morgan fingerprint density at radius 1 is 1.47 bits per heavy atom. The van der Waals surface area contributed by atoms with Gasteiger partial charge in [-0.3, -0.25) is 4.79 Å². The van der Waals surface area contributed by atoms with E-state index in [2.05, 4.69) is 19.2 Å². The number of rotatable bonds is 6. The fourth-order valence-electron chi connectivity index (χ4n) is 2.28. The monoisotopic (exact) mass is 243 g/mol. The third-order valence-electron chi connectivity index (χ3n) is 3.74. The molecule has 4 heteroatoms. The van der Waals surface area contributed by atoms with Gasteiger partial charge in [-0.15, -0.1) is 0 Å². The second-order valence-corrected chi connectivity index (χ2v) is 5.57. The van der Waals surface area contributed by atoms with E-state index in [1.165, 1.54) is 0 Å². The van der Waals surface area contributed by atoms with E-state index in [9.17, 15) is 4.79 Å². The number of hydrogen-bond donors (Lipinski definition) is 2. The van der Waals surface area contributed by atoms with Crippen molar-refractivity contribution in [2.75, 3.05) is 13.7 Å². The highest BCUT2D eigenvalue weighted by Gasteiger charge is 2.27. The Kier molecular flexibility index (Phi) is 5.40. The molecular weight excluding hydrogens is 218 g/mol. The number of carboxylic acids is 1. The van der Waals surface area contributed by atoms with E-state index in [-0.39, 0.29) is 11.5 Å². The van der Waals surface area contributed by atoms with Gasteiger partial charge in [0, 0.05) is 13.2 Å². The molecule has 100 valence electrons.